The van der Waals surface area contributed by atoms with E-state index in [1.807, 2.05) is 30.3 Å². The van der Waals surface area contributed by atoms with Crippen LogP contribution in [0.25, 0.3) is 0 Å². The maximum Gasteiger partial charge on any atom is 0.133 e. The van der Waals surface area contributed by atoms with Crippen LogP contribution in [0.5, 0.6) is 17.2 Å². The molecule has 0 aliphatic carbocycles. The molecule has 0 aromatic heterocycles. The number of ether oxygens (including phenoxy) is 3. The van der Waals surface area contributed by atoms with Crippen molar-refractivity contribution in [3.05, 3.63) is 42.5 Å². The highest BCUT2D eigenvalue weighted by Gasteiger charge is 2.13. The van der Waals surface area contributed by atoms with Gasteiger partial charge in [0.15, 0.2) is 0 Å². The average molecular weight is 276 g/mol. The Kier molecular flexibility index (Phi) is 4.64. The minimum Gasteiger partial charge on any atom is -0.496 e. The van der Waals surface area contributed by atoms with Gasteiger partial charge < -0.3 is 14.2 Å². The van der Waals surface area contributed by atoms with Gasteiger partial charge in [-0.25, -0.2) is 0 Å². The van der Waals surface area contributed by atoms with Gasteiger partial charge in [-0.2, -0.15) is 0 Å². The van der Waals surface area contributed by atoms with E-state index in [0.717, 1.165) is 22.6 Å². The number of benzene rings is 2. The molecule has 0 saturated carbocycles. The zero-order valence-corrected chi connectivity index (χ0v) is 12.3. The largest absolute Gasteiger partial charge is 0.496 e. The van der Waals surface area contributed by atoms with Crippen molar-refractivity contribution in [3.8, 4) is 17.2 Å². The van der Waals surface area contributed by atoms with Gasteiger partial charge in [-0.15, -0.1) is 0 Å². The third-order valence-corrected chi connectivity index (χ3v) is 4.12. The van der Waals surface area contributed by atoms with Crippen molar-refractivity contribution < 1.29 is 14.2 Å². The molecule has 0 bridgehead atoms. The van der Waals surface area contributed by atoms with Crippen molar-refractivity contribution in [1.29, 1.82) is 0 Å². The van der Waals surface area contributed by atoms with E-state index in [1.165, 1.54) is 5.30 Å². The lowest BCUT2D eigenvalue weighted by Crippen LogP contribution is -2.10. The van der Waals surface area contributed by atoms with Crippen LogP contribution >= 0.6 is 8.58 Å². The molecule has 3 nitrogen and oxygen atoms in total. The Morgan fingerprint density at radius 3 is 1.84 bits per heavy atom. The van der Waals surface area contributed by atoms with Crippen LogP contribution in [0, 0.1) is 0 Å². The van der Waals surface area contributed by atoms with E-state index in [-0.39, 0.29) is 0 Å². The fourth-order valence-electron chi connectivity index (χ4n) is 1.79. The first kappa shape index (κ1) is 13.7. The molecule has 0 aliphatic heterocycles. The first-order valence-electron chi connectivity index (χ1n) is 5.90. The Labute approximate surface area is 115 Å². The van der Waals surface area contributed by atoms with E-state index in [2.05, 4.69) is 12.1 Å². The van der Waals surface area contributed by atoms with Crippen molar-refractivity contribution >= 4 is 19.2 Å². The molecule has 1 unspecified atom stereocenters. The molecule has 0 N–H and O–H groups in total. The molecule has 0 saturated heterocycles. The lowest BCUT2D eigenvalue weighted by molar-refractivity contribution is 0.380. The van der Waals surface area contributed by atoms with E-state index in [9.17, 15) is 0 Å². The summed E-state index contributed by atoms with van der Waals surface area (Å²) >= 11 is 0. The Hall–Kier alpha value is -1.73. The number of hydrogen-bond acceptors (Lipinski definition) is 3. The lowest BCUT2D eigenvalue weighted by Gasteiger charge is -2.15. The van der Waals surface area contributed by atoms with Gasteiger partial charge in [-0.3, -0.25) is 0 Å². The van der Waals surface area contributed by atoms with Crippen molar-refractivity contribution in [3.63, 3.8) is 0 Å². The molecule has 4 heteroatoms. The van der Waals surface area contributed by atoms with Gasteiger partial charge in [-0.05, 0) is 5.30 Å². The van der Waals surface area contributed by atoms with Crippen LogP contribution in [0.2, 0.25) is 0 Å². The normalized spacial score (nSPS) is 10.7. The highest BCUT2D eigenvalue weighted by atomic mass is 31.1. The SMILES string of the molecule is COc1cc(OC)c(Pc2ccccc2)c(OC)c1. The fraction of sp³-hybridized carbons (Fsp3) is 0.200. The molecule has 2 aromatic carbocycles. The van der Waals surface area contributed by atoms with Gasteiger partial charge in [0.25, 0.3) is 0 Å². The molecule has 0 amide bonds. The molecule has 0 radical (unpaired) electrons. The lowest BCUT2D eigenvalue weighted by atomic mass is 10.3. The summed E-state index contributed by atoms with van der Waals surface area (Å²) in [6.07, 6.45) is 0. The minimum atomic E-state index is 0.480. The van der Waals surface area contributed by atoms with Crippen LogP contribution in [-0.2, 0) is 0 Å². The smallest absolute Gasteiger partial charge is 0.133 e. The van der Waals surface area contributed by atoms with Gasteiger partial charge in [0.1, 0.15) is 17.2 Å². The molecule has 0 aliphatic rings. The van der Waals surface area contributed by atoms with Gasteiger partial charge in [0, 0.05) is 12.1 Å². The van der Waals surface area contributed by atoms with Crippen molar-refractivity contribution in [2.24, 2.45) is 0 Å². The quantitative estimate of drug-likeness (QED) is 0.785. The molecule has 2 rings (SSSR count). The van der Waals surface area contributed by atoms with Crippen molar-refractivity contribution in [1.82, 2.24) is 0 Å². The van der Waals surface area contributed by atoms with Gasteiger partial charge >= 0.3 is 0 Å². The summed E-state index contributed by atoms with van der Waals surface area (Å²) in [5, 5.41) is 2.29. The topological polar surface area (TPSA) is 27.7 Å². The average Bonchev–Trinajstić information content (AvgIpc) is 2.48. The summed E-state index contributed by atoms with van der Waals surface area (Å²) in [6, 6.07) is 14.0. The maximum absolute atomic E-state index is 5.45. The van der Waals surface area contributed by atoms with Crippen LogP contribution in [-0.4, -0.2) is 21.3 Å². The zero-order chi connectivity index (χ0) is 13.7. The molecule has 100 valence electrons. The van der Waals surface area contributed by atoms with Gasteiger partial charge in [-0.1, -0.05) is 38.9 Å². The minimum absolute atomic E-state index is 0.480. The summed E-state index contributed by atoms with van der Waals surface area (Å²) < 4.78 is 16.1. The second kappa shape index (κ2) is 6.44. The summed E-state index contributed by atoms with van der Waals surface area (Å²) in [5.41, 5.74) is 0. The van der Waals surface area contributed by atoms with Crippen molar-refractivity contribution in [2.75, 3.05) is 21.3 Å². The van der Waals surface area contributed by atoms with Crippen LogP contribution in [0.15, 0.2) is 42.5 Å². The van der Waals surface area contributed by atoms with Crippen LogP contribution in [0.3, 0.4) is 0 Å². The number of hydrogen-bond donors (Lipinski definition) is 0. The summed E-state index contributed by atoms with van der Waals surface area (Å²) in [4.78, 5) is 0. The first-order valence-corrected chi connectivity index (χ1v) is 6.90. The monoisotopic (exact) mass is 276 g/mol. The first-order chi connectivity index (χ1) is 9.28. The summed E-state index contributed by atoms with van der Waals surface area (Å²) in [7, 11) is 5.43. The van der Waals surface area contributed by atoms with Crippen LogP contribution in [0.4, 0.5) is 0 Å². The summed E-state index contributed by atoms with van der Waals surface area (Å²) in [5.74, 6) is 2.31. The van der Waals surface area contributed by atoms with E-state index < -0.39 is 0 Å². The molecular weight excluding hydrogens is 259 g/mol. The second-order valence-corrected chi connectivity index (χ2v) is 5.23. The highest BCUT2D eigenvalue weighted by Crippen LogP contribution is 2.31. The number of rotatable bonds is 5. The van der Waals surface area contributed by atoms with E-state index in [0.29, 0.717) is 8.58 Å². The third-order valence-electron chi connectivity index (χ3n) is 2.76. The third kappa shape index (κ3) is 3.18. The molecule has 1 atom stereocenters. The van der Waals surface area contributed by atoms with E-state index in [1.54, 1.807) is 21.3 Å². The fourth-order valence-corrected chi connectivity index (χ4v) is 3.04. The predicted octanol–water partition coefficient (Wildman–Crippen LogP) is 2.34. The predicted molar refractivity (Wildman–Crippen MR) is 80.1 cm³/mol. The standard InChI is InChI=1S/C15H17O3P/c1-16-11-9-13(17-2)15(14(10-11)18-3)19-12-7-5-4-6-8-12/h4-10,19H,1-3H3. The zero-order valence-electron chi connectivity index (χ0n) is 11.3. The highest BCUT2D eigenvalue weighted by molar-refractivity contribution is 7.56. The molecule has 2 aromatic rings. The molecule has 0 spiro atoms. The molecule has 0 fully saturated rings. The second-order valence-electron chi connectivity index (χ2n) is 3.90. The van der Waals surface area contributed by atoms with Gasteiger partial charge in [0.05, 0.1) is 26.6 Å². The number of methoxy groups -OCH3 is 3. The van der Waals surface area contributed by atoms with E-state index >= 15 is 0 Å². The Bertz CT molecular complexity index is 515. The Balaban J connectivity index is 2.42. The van der Waals surface area contributed by atoms with E-state index in [4.69, 9.17) is 14.2 Å². The van der Waals surface area contributed by atoms with Gasteiger partial charge in [0.2, 0.25) is 0 Å². The molecule has 19 heavy (non-hydrogen) atoms. The van der Waals surface area contributed by atoms with Crippen LogP contribution in [0.1, 0.15) is 0 Å². The van der Waals surface area contributed by atoms with Crippen molar-refractivity contribution in [2.45, 2.75) is 0 Å². The van der Waals surface area contributed by atoms with Crippen LogP contribution < -0.4 is 24.8 Å². The Morgan fingerprint density at radius 1 is 0.789 bits per heavy atom. The maximum atomic E-state index is 5.45. The molecular formula is C15H17O3P. The summed E-state index contributed by atoms with van der Waals surface area (Å²) in [6.45, 7) is 0. The molecule has 0 heterocycles. The Morgan fingerprint density at radius 2 is 1.37 bits per heavy atom.